The van der Waals surface area contributed by atoms with Crippen molar-refractivity contribution < 1.29 is 9.53 Å². The quantitative estimate of drug-likeness (QED) is 0.911. The summed E-state index contributed by atoms with van der Waals surface area (Å²) in [6.45, 7) is 4.98. The van der Waals surface area contributed by atoms with Gasteiger partial charge < -0.3 is 19.9 Å². The molecule has 1 aromatic carbocycles. The summed E-state index contributed by atoms with van der Waals surface area (Å²) < 4.78 is 5.37. The van der Waals surface area contributed by atoms with Gasteiger partial charge in [0.25, 0.3) is 5.91 Å². The third-order valence-corrected chi connectivity index (χ3v) is 4.99. The summed E-state index contributed by atoms with van der Waals surface area (Å²) in [6.07, 6.45) is 1.77. The lowest BCUT2D eigenvalue weighted by atomic mass is 10.0. The lowest BCUT2D eigenvalue weighted by Crippen LogP contribution is -2.47. The van der Waals surface area contributed by atoms with Crippen molar-refractivity contribution in [1.82, 2.24) is 15.2 Å². The predicted molar refractivity (Wildman–Crippen MR) is 100 cm³/mol. The predicted octanol–water partition coefficient (Wildman–Crippen LogP) is 1.70. The molecular weight excluding hydrogens is 328 g/mol. The zero-order valence-corrected chi connectivity index (χ0v) is 14.8. The Kier molecular flexibility index (Phi) is 5.13. The number of piperazine rings is 1. The van der Waals surface area contributed by atoms with Gasteiger partial charge in [-0.2, -0.15) is 0 Å². The molecule has 3 heterocycles. The maximum Gasteiger partial charge on any atom is 0.257 e. The van der Waals surface area contributed by atoms with E-state index in [9.17, 15) is 4.79 Å². The van der Waals surface area contributed by atoms with E-state index in [-0.39, 0.29) is 11.9 Å². The molecule has 2 aliphatic heterocycles. The number of carbonyl (C=O) groups excluding carboxylic acids is 1. The summed E-state index contributed by atoms with van der Waals surface area (Å²) in [5.41, 5.74) is 1.94. The minimum absolute atomic E-state index is 0.0474. The van der Waals surface area contributed by atoms with E-state index in [0.29, 0.717) is 31.9 Å². The highest BCUT2D eigenvalue weighted by molar-refractivity contribution is 5.99. The Morgan fingerprint density at radius 2 is 1.88 bits per heavy atom. The minimum atomic E-state index is 0.0474. The molecule has 6 heteroatoms. The number of aromatic nitrogens is 1. The summed E-state index contributed by atoms with van der Waals surface area (Å²) >= 11 is 0. The van der Waals surface area contributed by atoms with E-state index < -0.39 is 0 Å². The second-order valence-electron chi connectivity index (χ2n) is 6.64. The van der Waals surface area contributed by atoms with Crippen molar-refractivity contribution in [2.45, 2.75) is 6.04 Å². The molecule has 1 amide bonds. The number of carbonyl (C=O) groups is 1. The average Bonchev–Trinajstić information content (AvgIpc) is 2.74. The lowest BCUT2D eigenvalue weighted by Gasteiger charge is -2.36. The van der Waals surface area contributed by atoms with Crippen molar-refractivity contribution in [3.8, 4) is 0 Å². The zero-order chi connectivity index (χ0) is 17.8. The van der Waals surface area contributed by atoms with Crippen molar-refractivity contribution in [2.24, 2.45) is 0 Å². The zero-order valence-electron chi connectivity index (χ0n) is 14.8. The first-order chi connectivity index (χ1) is 12.8. The van der Waals surface area contributed by atoms with Crippen LogP contribution >= 0.6 is 0 Å². The third-order valence-electron chi connectivity index (χ3n) is 4.99. The van der Waals surface area contributed by atoms with Crippen molar-refractivity contribution in [3.63, 3.8) is 0 Å². The van der Waals surface area contributed by atoms with Crippen LogP contribution in [0, 0.1) is 0 Å². The summed E-state index contributed by atoms with van der Waals surface area (Å²) in [7, 11) is 0. The number of pyridine rings is 1. The maximum atomic E-state index is 13.0. The van der Waals surface area contributed by atoms with Gasteiger partial charge >= 0.3 is 0 Å². The molecule has 4 rings (SSSR count). The second-order valence-corrected chi connectivity index (χ2v) is 6.64. The average molecular weight is 352 g/mol. The van der Waals surface area contributed by atoms with Gasteiger partial charge in [-0.1, -0.05) is 30.3 Å². The third kappa shape index (κ3) is 3.57. The standard InChI is InChI=1S/C20H24N4O2/c25-20(23-11-13-26-14-12-23)17-7-4-8-22-19(17)24-10-9-21-18(15-24)16-5-2-1-3-6-16/h1-8,18,21H,9-15H2/t18-/m1/s1. The summed E-state index contributed by atoms with van der Waals surface area (Å²) in [5, 5.41) is 3.57. The molecule has 1 atom stereocenters. The second kappa shape index (κ2) is 7.85. The Balaban J connectivity index is 1.56. The molecule has 2 aromatic rings. The molecular formula is C20H24N4O2. The first-order valence-corrected chi connectivity index (χ1v) is 9.18. The van der Waals surface area contributed by atoms with Gasteiger partial charge in [-0.05, 0) is 17.7 Å². The Labute approximate surface area is 153 Å². The largest absolute Gasteiger partial charge is 0.378 e. The lowest BCUT2D eigenvalue weighted by molar-refractivity contribution is 0.0303. The highest BCUT2D eigenvalue weighted by atomic mass is 16.5. The van der Waals surface area contributed by atoms with E-state index >= 15 is 0 Å². The molecule has 0 spiro atoms. The smallest absolute Gasteiger partial charge is 0.257 e. The molecule has 2 aliphatic rings. The van der Waals surface area contributed by atoms with E-state index in [2.05, 4.69) is 39.5 Å². The number of nitrogens with one attached hydrogen (secondary N) is 1. The van der Waals surface area contributed by atoms with Crippen LogP contribution in [0.25, 0.3) is 0 Å². The Morgan fingerprint density at radius 3 is 2.69 bits per heavy atom. The van der Waals surface area contributed by atoms with Crippen LogP contribution in [0.2, 0.25) is 0 Å². The molecule has 1 N–H and O–H groups in total. The van der Waals surface area contributed by atoms with Gasteiger partial charge in [0.2, 0.25) is 0 Å². The summed E-state index contributed by atoms with van der Waals surface area (Å²) in [6, 6.07) is 14.4. The number of morpholine rings is 1. The molecule has 0 radical (unpaired) electrons. The van der Waals surface area contributed by atoms with E-state index in [1.165, 1.54) is 5.56 Å². The number of hydrogen-bond acceptors (Lipinski definition) is 5. The van der Waals surface area contributed by atoms with Crippen LogP contribution in [0.5, 0.6) is 0 Å². The fourth-order valence-corrected chi connectivity index (χ4v) is 3.60. The molecule has 0 bridgehead atoms. The van der Waals surface area contributed by atoms with Crippen LogP contribution in [0.4, 0.5) is 5.82 Å². The van der Waals surface area contributed by atoms with Gasteiger partial charge in [-0.25, -0.2) is 4.98 Å². The number of benzene rings is 1. The number of hydrogen-bond donors (Lipinski definition) is 1. The van der Waals surface area contributed by atoms with Crippen LogP contribution < -0.4 is 10.2 Å². The van der Waals surface area contributed by atoms with Gasteiger partial charge in [0.1, 0.15) is 5.82 Å². The van der Waals surface area contributed by atoms with Gasteiger partial charge in [-0.3, -0.25) is 4.79 Å². The monoisotopic (exact) mass is 352 g/mol. The molecule has 2 saturated heterocycles. The van der Waals surface area contributed by atoms with Crippen molar-refractivity contribution in [3.05, 3.63) is 59.8 Å². The highest BCUT2D eigenvalue weighted by Crippen LogP contribution is 2.25. The molecule has 1 aromatic heterocycles. The Bertz CT molecular complexity index is 746. The van der Waals surface area contributed by atoms with Gasteiger partial charge in [0.05, 0.1) is 18.8 Å². The van der Waals surface area contributed by atoms with E-state index in [4.69, 9.17) is 4.74 Å². The number of ether oxygens (including phenoxy) is 1. The fraction of sp³-hybridized carbons (Fsp3) is 0.400. The van der Waals surface area contributed by atoms with Crippen LogP contribution in [0.15, 0.2) is 48.7 Å². The van der Waals surface area contributed by atoms with Crippen LogP contribution in [0.3, 0.4) is 0 Å². The van der Waals surface area contributed by atoms with Gasteiger partial charge in [0.15, 0.2) is 0 Å². The molecule has 6 nitrogen and oxygen atoms in total. The van der Waals surface area contributed by atoms with Gasteiger partial charge in [-0.15, -0.1) is 0 Å². The maximum absolute atomic E-state index is 13.0. The molecule has 0 saturated carbocycles. The van der Waals surface area contributed by atoms with E-state index in [1.54, 1.807) is 6.20 Å². The van der Waals surface area contributed by atoms with Crippen LogP contribution in [0.1, 0.15) is 22.0 Å². The summed E-state index contributed by atoms with van der Waals surface area (Å²) in [5.74, 6) is 0.831. The van der Waals surface area contributed by atoms with Gasteiger partial charge in [0, 0.05) is 45.0 Å². The van der Waals surface area contributed by atoms with Crippen molar-refractivity contribution >= 4 is 11.7 Å². The van der Waals surface area contributed by atoms with Crippen molar-refractivity contribution in [1.29, 1.82) is 0 Å². The minimum Gasteiger partial charge on any atom is -0.378 e. The summed E-state index contributed by atoms with van der Waals surface area (Å²) in [4.78, 5) is 21.7. The molecule has 0 unspecified atom stereocenters. The topological polar surface area (TPSA) is 57.7 Å². The molecule has 136 valence electrons. The number of rotatable bonds is 3. The van der Waals surface area contributed by atoms with Crippen molar-refractivity contribution in [2.75, 3.05) is 50.8 Å². The van der Waals surface area contributed by atoms with Crippen LogP contribution in [-0.4, -0.2) is 61.7 Å². The van der Waals surface area contributed by atoms with E-state index in [0.717, 1.165) is 25.5 Å². The Hall–Kier alpha value is -2.44. The fourth-order valence-electron chi connectivity index (χ4n) is 3.60. The normalized spacial score (nSPS) is 20.8. The Morgan fingerprint density at radius 1 is 1.08 bits per heavy atom. The number of anilines is 1. The molecule has 2 fully saturated rings. The number of amides is 1. The first-order valence-electron chi connectivity index (χ1n) is 9.18. The number of nitrogens with zero attached hydrogens (tertiary/aromatic N) is 3. The first kappa shape index (κ1) is 17.0. The van der Waals surface area contributed by atoms with E-state index in [1.807, 2.05) is 23.1 Å². The SMILES string of the molecule is O=C(c1cccnc1N1CCN[C@@H](c2ccccc2)C1)N1CCOCC1. The molecule has 26 heavy (non-hydrogen) atoms. The van der Waals surface area contributed by atoms with Crippen LogP contribution in [-0.2, 0) is 4.74 Å². The highest BCUT2D eigenvalue weighted by Gasteiger charge is 2.27. The molecule has 0 aliphatic carbocycles.